The maximum Gasteiger partial charge on any atom is 0.586 e. The maximum atomic E-state index is 13.0. The summed E-state index contributed by atoms with van der Waals surface area (Å²) in [5.74, 6) is -1.09. The van der Waals surface area contributed by atoms with E-state index >= 15 is 0 Å². The molecule has 2 aromatic carbocycles. The van der Waals surface area contributed by atoms with Crippen LogP contribution in [-0.2, 0) is 27.7 Å². The molecule has 1 fully saturated rings. The van der Waals surface area contributed by atoms with Crippen molar-refractivity contribution in [2.45, 2.75) is 29.4 Å². The zero-order valence-electron chi connectivity index (χ0n) is 23.1. The first-order valence-corrected chi connectivity index (χ1v) is 16.0. The minimum absolute atomic E-state index is 0.00285. The molecule has 0 bridgehead atoms. The highest BCUT2D eigenvalue weighted by atomic mass is 35.5. The molecule has 1 atom stereocenters. The van der Waals surface area contributed by atoms with Crippen molar-refractivity contribution in [3.63, 3.8) is 0 Å². The van der Waals surface area contributed by atoms with E-state index in [1.165, 1.54) is 53.7 Å². The lowest BCUT2D eigenvalue weighted by atomic mass is 10.0. The molecule has 0 spiro atoms. The van der Waals surface area contributed by atoms with Crippen molar-refractivity contribution in [3.8, 4) is 11.5 Å². The number of fused-ring (bicyclic) bond motifs is 1. The lowest BCUT2D eigenvalue weighted by Crippen LogP contribution is -2.39. The van der Waals surface area contributed by atoms with Gasteiger partial charge in [-0.05, 0) is 48.7 Å². The number of aryl methyl sites for hydroxylation is 1. The number of hydrogen-bond donors (Lipinski definition) is 1. The Labute approximate surface area is 265 Å². The number of carbonyl (C=O) groups is 2. The van der Waals surface area contributed by atoms with Gasteiger partial charge >= 0.3 is 12.3 Å². The Morgan fingerprint density at radius 1 is 1.11 bits per heavy atom. The van der Waals surface area contributed by atoms with Crippen LogP contribution < -0.4 is 14.2 Å². The Bertz CT molecular complexity index is 1670. The number of halogens is 4. The fourth-order valence-corrected chi connectivity index (χ4v) is 7.95. The molecule has 1 amide bonds. The highest BCUT2D eigenvalue weighted by Crippen LogP contribution is 2.41. The molecule has 0 radical (unpaired) electrons. The lowest BCUT2D eigenvalue weighted by molar-refractivity contribution is -0.605. The second-order valence-electron chi connectivity index (χ2n) is 9.65. The third-order valence-electron chi connectivity index (χ3n) is 6.34. The van der Waals surface area contributed by atoms with E-state index in [0.29, 0.717) is 28.9 Å². The van der Waals surface area contributed by atoms with E-state index in [9.17, 15) is 32.0 Å². The Morgan fingerprint density at radius 3 is 2.41 bits per heavy atom. The van der Waals surface area contributed by atoms with Crippen LogP contribution >= 0.6 is 35.0 Å². The molecule has 0 aliphatic carbocycles. The summed E-state index contributed by atoms with van der Waals surface area (Å²) in [5.41, 5.74) is 1.62. The van der Waals surface area contributed by atoms with E-state index in [0.717, 1.165) is 21.6 Å². The summed E-state index contributed by atoms with van der Waals surface area (Å²) in [6.45, 7) is 0.135. The monoisotopic (exact) mass is 691 g/mol. The molecule has 3 heterocycles. The number of carboxylic acids is 1. The summed E-state index contributed by atoms with van der Waals surface area (Å²) < 4.78 is 61.3. The van der Waals surface area contributed by atoms with Gasteiger partial charge < -0.3 is 24.7 Å². The third kappa shape index (κ3) is 7.64. The fraction of sp³-hybridized carbons (Fsp3) is 0.296. The van der Waals surface area contributed by atoms with Crippen LogP contribution in [0.1, 0.15) is 21.5 Å². The molecule has 0 saturated carbocycles. The number of pyridine rings is 1. The molecular formula is C27H25Cl2F2N3O8S2. The maximum absolute atomic E-state index is 13.0. The van der Waals surface area contributed by atoms with E-state index < -0.39 is 27.7 Å². The van der Waals surface area contributed by atoms with Crippen LogP contribution in [0.5, 0.6) is 11.5 Å². The van der Waals surface area contributed by atoms with E-state index in [2.05, 4.69) is 9.47 Å². The van der Waals surface area contributed by atoms with E-state index in [1.807, 2.05) is 0 Å². The molecule has 1 N–H and O–H groups in total. The second-order valence-corrected chi connectivity index (χ2v) is 13.5. The number of aliphatic carboxylic acids is 1. The largest absolute Gasteiger partial charge is 0.619 e. The SMILES string of the molecule is CN(C)C(=O)c1cccc(S(=O)(=O)N2CCS[C@H]2C(=O)O)c1.[O-][n+]1cc(Cl)c(CCc2ccc3c(c2)OC(F)(F)O3)c(Cl)c1. The molecule has 3 aromatic rings. The normalized spacial score (nSPS) is 17.1. The van der Waals surface area contributed by atoms with Gasteiger partial charge in [0, 0.05) is 37.5 Å². The predicted octanol–water partition coefficient (Wildman–Crippen LogP) is 4.27. The summed E-state index contributed by atoms with van der Waals surface area (Å²) in [6, 6.07) is 10.2. The predicted molar refractivity (Wildman–Crippen MR) is 158 cm³/mol. The van der Waals surface area contributed by atoms with Crippen molar-refractivity contribution in [2.75, 3.05) is 26.4 Å². The van der Waals surface area contributed by atoms with Crippen molar-refractivity contribution < 1.29 is 46.1 Å². The molecule has 11 nitrogen and oxygen atoms in total. The van der Waals surface area contributed by atoms with Crippen molar-refractivity contribution in [1.29, 1.82) is 0 Å². The van der Waals surface area contributed by atoms with Gasteiger partial charge in [0.2, 0.25) is 10.0 Å². The Balaban J connectivity index is 0.000000201. The van der Waals surface area contributed by atoms with Gasteiger partial charge in [-0.3, -0.25) is 4.79 Å². The van der Waals surface area contributed by atoms with Gasteiger partial charge in [-0.25, -0.2) is 13.2 Å². The van der Waals surface area contributed by atoms with Crippen molar-refractivity contribution in [3.05, 3.63) is 86.8 Å². The van der Waals surface area contributed by atoms with Gasteiger partial charge in [-0.2, -0.15) is 9.04 Å². The summed E-state index contributed by atoms with van der Waals surface area (Å²) >= 11 is 13.0. The first-order valence-electron chi connectivity index (χ1n) is 12.7. The lowest BCUT2D eigenvalue weighted by Gasteiger charge is -2.20. The van der Waals surface area contributed by atoms with Gasteiger partial charge in [0.25, 0.3) is 5.91 Å². The highest BCUT2D eigenvalue weighted by molar-refractivity contribution is 8.02. The van der Waals surface area contributed by atoms with Gasteiger partial charge in [0.15, 0.2) is 29.3 Å². The highest BCUT2D eigenvalue weighted by Gasteiger charge is 2.43. The molecular weight excluding hydrogens is 667 g/mol. The summed E-state index contributed by atoms with van der Waals surface area (Å²) in [4.78, 5) is 24.4. The number of sulfonamides is 1. The molecule has 1 aromatic heterocycles. The van der Waals surface area contributed by atoms with Crippen LogP contribution in [0.25, 0.3) is 0 Å². The number of alkyl halides is 2. The smallest absolute Gasteiger partial charge is 0.586 e. The zero-order chi connectivity index (χ0) is 32.4. The van der Waals surface area contributed by atoms with Crippen molar-refractivity contribution in [1.82, 2.24) is 9.21 Å². The first-order chi connectivity index (χ1) is 20.6. The molecule has 5 rings (SSSR count). The Hall–Kier alpha value is -3.37. The first kappa shape index (κ1) is 33.5. The average molecular weight is 693 g/mol. The molecule has 2 aliphatic rings. The Morgan fingerprint density at radius 2 is 1.77 bits per heavy atom. The number of rotatable bonds is 7. The summed E-state index contributed by atoms with van der Waals surface area (Å²) in [5, 5.41) is 19.7. The van der Waals surface area contributed by atoms with Gasteiger partial charge in [-0.1, -0.05) is 35.3 Å². The number of nitrogens with zero attached hydrogens (tertiary/aromatic N) is 3. The summed E-state index contributed by atoms with van der Waals surface area (Å²) in [6.07, 6.45) is -0.264. The van der Waals surface area contributed by atoms with E-state index in [4.69, 9.17) is 28.3 Å². The minimum Gasteiger partial charge on any atom is -0.619 e. The second kappa shape index (κ2) is 13.3. The number of benzene rings is 2. The van der Waals surface area contributed by atoms with E-state index in [-0.39, 0.29) is 44.5 Å². The van der Waals surface area contributed by atoms with Crippen molar-refractivity contribution >= 4 is 56.9 Å². The molecule has 17 heteroatoms. The van der Waals surface area contributed by atoms with Gasteiger partial charge in [-0.15, -0.1) is 20.5 Å². The van der Waals surface area contributed by atoms with Gasteiger partial charge in [0.05, 0.1) is 4.90 Å². The van der Waals surface area contributed by atoms with Crippen LogP contribution in [0.4, 0.5) is 8.78 Å². The standard InChI is InChI=1S/C14H9Cl2F2NO3.C13H16N2O5S2/c15-10-6-19(20)7-11(16)9(10)3-1-8-2-4-12-13(5-8)22-14(17,18)21-12;1-14(2)11(16)9-4-3-5-10(8-9)22(19,20)15-6-7-21-12(15)13(17)18/h2,4-7H,1,3H2;3-5,8,12H,6-7H2,1-2H3,(H,17,18)/t;12-/m.0/s1. The summed E-state index contributed by atoms with van der Waals surface area (Å²) in [7, 11) is -0.813. The van der Waals surface area contributed by atoms with Gasteiger partial charge in [0.1, 0.15) is 10.0 Å². The number of ether oxygens (including phenoxy) is 2. The number of thioether (sulfide) groups is 1. The van der Waals surface area contributed by atoms with Crippen LogP contribution in [-0.4, -0.2) is 72.7 Å². The third-order valence-corrected chi connectivity index (χ3v) is 10.2. The quantitative estimate of drug-likeness (QED) is 0.284. The Kier molecular flexibility index (Phi) is 10.1. The molecule has 0 unspecified atom stereocenters. The fourth-order valence-electron chi connectivity index (χ4n) is 4.27. The molecule has 44 heavy (non-hydrogen) atoms. The van der Waals surface area contributed by atoms with Crippen LogP contribution in [0.15, 0.2) is 59.8 Å². The zero-order valence-corrected chi connectivity index (χ0v) is 26.2. The number of amides is 1. The number of hydrogen-bond acceptors (Lipinski definition) is 8. The minimum atomic E-state index is -3.95. The number of carbonyl (C=O) groups excluding carboxylic acids is 1. The van der Waals surface area contributed by atoms with Crippen LogP contribution in [0.3, 0.4) is 0 Å². The molecule has 2 aliphatic heterocycles. The topological polar surface area (TPSA) is 140 Å². The number of aromatic nitrogens is 1. The average Bonchev–Trinajstić information content (AvgIpc) is 3.56. The van der Waals surface area contributed by atoms with E-state index in [1.54, 1.807) is 20.2 Å². The van der Waals surface area contributed by atoms with Crippen LogP contribution in [0, 0.1) is 5.21 Å². The number of carboxylic acid groups (broad SMARTS) is 1. The molecule has 1 saturated heterocycles. The van der Waals surface area contributed by atoms with Crippen LogP contribution in [0.2, 0.25) is 10.0 Å². The molecule has 236 valence electrons. The van der Waals surface area contributed by atoms with Crippen molar-refractivity contribution in [2.24, 2.45) is 0 Å².